The largest absolute Gasteiger partial charge is 0.497 e. The van der Waals surface area contributed by atoms with E-state index in [9.17, 15) is 4.57 Å². The lowest BCUT2D eigenvalue weighted by molar-refractivity contribution is 0.415. The van der Waals surface area contributed by atoms with Crippen molar-refractivity contribution in [3.05, 3.63) is 46.8 Å². The second-order valence-electron chi connectivity index (χ2n) is 6.18. The van der Waals surface area contributed by atoms with Crippen molar-refractivity contribution in [2.24, 2.45) is 0 Å². The topological polar surface area (TPSA) is 26.3 Å². The van der Waals surface area contributed by atoms with E-state index in [4.69, 9.17) is 4.74 Å². The molecule has 2 aromatic rings. The first-order valence-corrected chi connectivity index (χ1v) is 9.83. The summed E-state index contributed by atoms with van der Waals surface area (Å²) in [6, 6.07) is 10.7. The van der Waals surface area contributed by atoms with Gasteiger partial charge in [0, 0.05) is 6.16 Å². The van der Waals surface area contributed by atoms with Crippen molar-refractivity contribution in [2.45, 2.75) is 19.3 Å². The first kappa shape index (κ1) is 13.2. The number of hydrogen-bond donors (Lipinski definition) is 0. The van der Waals surface area contributed by atoms with E-state index in [-0.39, 0.29) is 0 Å². The lowest BCUT2D eigenvalue weighted by Crippen LogP contribution is -2.02. The molecule has 0 N–H and O–H groups in total. The highest BCUT2D eigenvalue weighted by molar-refractivity contribution is 7.68. The molecule has 2 nitrogen and oxygen atoms in total. The van der Waals surface area contributed by atoms with Crippen LogP contribution in [0.3, 0.4) is 0 Å². The van der Waals surface area contributed by atoms with Gasteiger partial charge in [0.1, 0.15) is 12.9 Å². The van der Waals surface area contributed by atoms with Crippen LogP contribution < -0.4 is 4.74 Å². The number of ether oxygens (including phenoxy) is 1. The number of rotatable bonds is 1. The van der Waals surface area contributed by atoms with Gasteiger partial charge in [-0.1, -0.05) is 18.2 Å². The van der Waals surface area contributed by atoms with Crippen LogP contribution in [0.1, 0.15) is 24.0 Å². The van der Waals surface area contributed by atoms with Gasteiger partial charge in [0.25, 0.3) is 0 Å². The van der Waals surface area contributed by atoms with Crippen molar-refractivity contribution in [3.63, 3.8) is 0 Å². The summed E-state index contributed by atoms with van der Waals surface area (Å²) in [6.07, 6.45) is 3.83. The summed E-state index contributed by atoms with van der Waals surface area (Å²) in [4.78, 5) is 0. The van der Waals surface area contributed by atoms with Crippen molar-refractivity contribution < 1.29 is 9.30 Å². The second-order valence-corrected chi connectivity index (χ2v) is 9.37. The lowest BCUT2D eigenvalue weighted by Gasteiger charge is -2.22. The van der Waals surface area contributed by atoms with E-state index in [0.717, 1.165) is 31.2 Å². The Hall–Kier alpha value is -1.53. The fourth-order valence-electron chi connectivity index (χ4n) is 3.86. The van der Waals surface area contributed by atoms with Crippen LogP contribution in [0.5, 0.6) is 5.75 Å². The number of hydrogen-bond acceptors (Lipinski definition) is 2. The van der Waals surface area contributed by atoms with Gasteiger partial charge in [-0.05, 0) is 70.8 Å². The van der Waals surface area contributed by atoms with Gasteiger partial charge in [0.05, 0.1) is 7.11 Å². The first-order valence-electron chi connectivity index (χ1n) is 7.49. The molecular formula is C18H19O2P. The lowest BCUT2D eigenvalue weighted by atomic mass is 9.86. The Kier molecular flexibility index (Phi) is 2.81. The summed E-state index contributed by atoms with van der Waals surface area (Å²) in [6.45, 7) is 1.96. The van der Waals surface area contributed by atoms with Crippen molar-refractivity contribution in [2.75, 3.05) is 19.9 Å². The molecule has 4 rings (SSSR count). The average molecular weight is 298 g/mol. The number of benzene rings is 2. The molecule has 0 saturated heterocycles. The summed E-state index contributed by atoms with van der Waals surface area (Å²) in [5.41, 5.74) is 4.14. The van der Waals surface area contributed by atoms with Crippen LogP contribution in [0.2, 0.25) is 0 Å². The SMILES string of the molecule is COc1ccc2c3c(ccc2c1)C1=C(CC3)P(C)(=O)CC1. The Morgan fingerprint density at radius 2 is 1.95 bits per heavy atom. The maximum absolute atomic E-state index is 12.7. The highest BCUT2D eigenvalue weighted by Gasteiger charge is 2.35. The molecule has 0 bridgehead atoms. The summed E-state index contributed by atoms with van der Waals surface area (Å²) in [7, 11) is -0.341. The Morgan fingerprint density at radius 1 is 1.10 bits per heavy atom. The molecule has 1 aliphatic carbocycles. The minimum Gasteiger partial charge on any atom is -0.497 e. The molecule has 0 fully saturated rings. The zero-order valence-corrected chi connectivity index (χ0v) is 13.4. The van der Waals surface area contributed by atoms with Gasteiger partial charge >= 0.3 is 0 Å². The third-order valence-electron chi connectivity index (χ3n) is 4.98. The Balaban J connectivity index is 1.96. The molecule has 3 heteroatoms. The minimum atomic E-state index is -2.04. The molecular weight excluding hydrogens is 279 g/mol. The van der Waals surface area contributed by atoms with Crippen molar-refractivity contribution in [1.82, 2.24) is 0 Å². The smallest absolute Gasteiger partial charge is 0.119 e. The molecule has 1 aliphatic heterocycles. The van der Waals surface area contributed by atoms with Crippen molar-refractivity contribution >= 4 is 23.5 Å². The van der Waals surface area contributed by atoms with Crippen LogP contribution in [0, 0.1) is 0 Å². The summed E-state index contributed by atoms with van der Waals surface area (Å²) in [5.74, 6) is 0.900. The van der Waals surface area contributed by atoms with E-state index < -0.39 is 7.14 Å². The third kappa shape index (κ3) is 1.89. The fourth-order valence-corrected chi connectivity index (χ4v) is 6.17. The fraction of sp³-hybridized carbons (Fsp3) is 0.333. The molecule has 0 amide bonds. The molecule has 0 radical (unpaired) electrons. The number of allylic oxidation sites excluding steroid dienone is 2. The van der Waals surface area contributed by atoms with E-state index in [2.05, 4.69) is 24.3 Å². The van der Waals surface area contributed by atoms with E-state index in [1.165, 1.54) is 32.8 Å². The normalized spacial score (nSPS) is 24.1. The highest BCUT2D eigenvalue weighted by Crippen LogP contribution is 2.63. The van der Waals surface area contributed by atoms with Gasteiger partial charge in [-0.3, -0.25) is 0 Å². The zero-order chi connectivity index (χ0) is 14.6. The van der Waals surface area contributed by atoms with Crippen molar-refractivity contribution in [3.8, 4) is 5.75 Å². The maximum Gasteiger partial charge on any atom is 0.119 e. The molecule has 0 saturated carbocycles. The van der Waals surface area contributed by atoms with Gasteiger partial charge in [-0.15, -0.1) is 0 Å². The van der Waals surface area contributed by atoms with Crippen LogP contribution in [0.4, 0.5) is 0 Å². The van der Waals surface area contributed by atoms with Crippen LogP contribution in [0.25, 0.3) is 16.3 Å². The van der Waals surface area contributed by atoms with Crippen LogP contribution in [-0.2, 0) is 11.0 Å². The maximum atomic E-state index is 12.7. The van der Waals surface area contributed by atoms with Crippen molar-refractivity contribution in [1.29, 1.82) is 0 Å². The third-order valence-corrected chi connectivity index (χ3v) is 7.70. The molecule has 0 spiro atoms. The monoisotopic (exact) mass is 298 g/mol. The summed E-state index contributed by atoms with van der Waals surface area (Å²) >= 11 is 0. The molecule has 2 aromatic carbocycles. The molecule has 0 aromatic heterocycles. The predicted octanol–water partition coefficient (Wildman–Crippen LogP) is 4.90. The van der Waals surface area contributed by atoms with Gasteiger partial charge in [0.2, 0.25) is 0 Å². The standard InChI is InChI=1S/C18H19O2P/c1-20-13-4-6-14-12(11-13)3-5-16-15(14)7-8-18-17(16)9-10-21(18,2)19/h3-6,11H,7-10H2,1-2H3. The van der Waals surface area contributed by atoms with Gasteiger partial charge in [-0.2, -0.15) is 0 Å². The van der Waals surface area contributed by atoms with E-state index in [1.54, 1.807) is 7.11 Å². The van der Waals surface area contributed by atoms with Gasteiger partial charge in [-0.25, -0.2) is 0 Å². The van der Waals surface area contributed by atoms with Crippen LogP contribution in [-0.4, -0.2) is 19.9 Å². The van der Waals surface area contributed by atoms with E-state index in [0.29, 0.717) is 0 Å². The summed E-state index contributed by atoms with van der Waals surface area (Å²) < 4.78 is 18.0. The Labute approximate surface area is 125 Å². The zero-order valence-electron chi connectivity index (χ0n) is 12.5. The molecule has 2 aliphatic rings. The predicted molar refractivity (Wildman–Crippen MR) is 88.8 cm³/mol. The van der Waals surface area contributed by atoms with Crippen LogP contribution >= 0.6 is 7.14 Å². The highest BCUT2D eigenvalue weighted by atomic mass is 31.2. The molecule has 1 heterocycles. The second kappa shape index (κ2) is 4.48. The minimum absolute atomic E-state index is 0.859. The van der Waals surface area contributed by atoms with Gasteiger partial charge < -0.3 is 9.30 Å². The van der Waals surface area contributed by atoms with Crippen LogP contribution in [0.15, 0.2) is 35.6 Å². The first-order chi connectivity index (χ1) is 10.1. The Morgan fingerprint density at radius 3 is 2.76 bits per heavy atom. The molecule has 108 valence electrons. The molecule has 21 heavy (non-hydrogen) atoms. The number of fused-ring (bicyclic) bond motifs is 4. The van der Waals surface area contributed by atoms with E-state index in [1.807, 2.05) is 12.7 Å². The van der Waals surface area contributed by atoms with E-state index >= 15 is 0 Å². The number of aryl methyl sites for hydroxylation is 1. The quantitative estimate of drug-likeness (QED) is 0.700. The molecule has 1 unspecified atom stereocenters. The number of methoxy groups -OCH3 is 1. The Bertz CT molecular complexity index is 832. The average Bonchev–Trinajstić information content (AvgIpc) is 2.82. The molecule has 1 atom stereocenters. The summed E-state index contributed by atoms with van der Waals surface area (Å²) in [5, 5.41) is 3.82. The van der Waals surface area contributed by atoms with Gasteiger partial charge in [0.15, 0.2) is 0 Å².